The van der Waals surface area contributed by atoms with Gasteiger partial charge in [0.2, 0.25) is 0 Å². The molecule has 1 atom stereocenters. The summed E-state index contributed by atoms with van der Waals surface area (Å²) in [6.45, 7) is 4.38. The van der Waals surface area contributed by atoms with Crippen LogP contribution in [0.1, 0.15) is 5.56 Å². The largest absolute Gasteiger partial charge is 0.376 e. The molecule has 7 nitrogen and oxygen atoms in total. The second-order valence-corrected chi connectivity index (χ2v) is 4.65. The second kappa shape index (κ2) is 5.28. The number of fused-ring (bicyclic) bond motifs is 1. The summed E-state index contributed by atoms with van der Waals surface area (Å²) >= 11 is 6.08. The van der Waals surface area contributed by atoms with Crippen LogP contribution in [0, 0.1) is 6.92 Å². The first-order valence-electron chi connectivity index (χ1n) is 6.05. The van der Waals surface area contributed by atoms with Gasteiger partial charge in [-0.15, -0.1) is 0 Å². The molecule has 3 rings (SSSR count). The number of aromatic nitrogens is 4. The Balaban J connectivity index is 1.82. The van der Waals surface area contributed by atoms with Crippen LogP contribution in [0.5, 0.6) is 0 Å². The number of ether oxygens (including phenoxy) is 2. The number of rotatable bonds is 3. The van der Waals surface area contributed by atoms with Crippen molar-refractivity contribution in [1.29, 1.82) is 0 Å². The molecule has 102 valence electrons. The van der Waals surface area contributed by atoms with Gasteiger partial charge in [-0.1, -0.05) is 11.6 Å². The van der Waals surface area contributed by atoms with Crippen LogP contribution >= 0.6 is 11.6 Å². The van der Waals surface area contributed by atoms with E-state index in [-0.39, 0.29) is 6.10 Å². The molecule has 8 heteroatoms. The third-order valence-electron chi connectivity index (χ3n) is 2.99. The van der Waals surface area contributed by atoms with E-state index in [4.69, 9.17) is 21.1 Å². The van der Waals surface area contributed by atoms with Crippen LogP contribution in [0.25, 0.3) is 5.78 Å². The molecule has 2 aromatic rings. The van der Waals surface area contributed by atoms with Gasteiger partial charge in [0.25, 0.3) is 5.78 Å². The van der Waals surface area contributed by atoms with Gasteiger partial charge in [-0.05, 0) is 6.92 Å². The van der Waals surface area contributed by atoms with Crippen LogP contribution in [-0.4, -0.2) is 52.1 Å². The van der Waals surface area contributed by atoms with Gasteiger partial charge in [0.15, 0.2) is 0 Å². The molecule has 1 aliphatic rings. The Morgan fingerprint density at radius 2 is 2.42 bits per heavy atom. The number of anilines is 1. The Hall–Kier alpha value is -1.44. The van der Waals surface area contributed by atoms with Gasteiger partial charge in [0.1, 0.15) is 17.3 Å². The topological polar surface area (TPSA) is 73.6 Å². The lowest BCUT2D eigenvalue weighted by atomic mass is 10.3. The summed E-state index contributed by atoms with van der Waals surface area (Å²) < 4.78 is 12.6. The van der Waals surface area contributed by atoms with Crippen LogP contribution in [0.4, 0.5) is 5.82 Å². The predicted molar refractivity (Wildman–Crippen MR) is 69.6 cm³/mol. The summed E-state index contributed by atoms with van der Waals surface area (Å²) in [5.74, 6) is 1.25. The molecule has 1 aliphatic heterocycles. The van der Waals surface area contributed by atoms with Crippen molar-refractivity contribution in [2.45, 2.75) is 13.0 Å². The van der Waals surface area contributed by atoms with E-state index in [1.807, 2.05) is 6.92 Å². The number of nitrogens with zero attached hydrogens (tertiary/aromatic N) is 4. The van der Waals surface area contributed by atoms with Gasteiger partial charge >= 0.3 is 0 Å². The molecular formula is C11H14ClN5O2. The normalized spacial score (nSPS) is 19.8. The molecule has 0 saturated carbocycles. The highest BCUT2D eigenvalue weighted by molar-refractivity contribution is 6.30. The summed E-state index contributed by atoms with van der Waals surface area (Å²) in [7, 11) is 0. The highest BCUT2D eigenvalue weighted by Crippen LogP contribution is 2.22. The van der Waals surface area contributed by atoms with Crippen LogP contribution in [-0.2, 0) is 9.47 Å². The number of hydrogen-bond acceptors (Lipinski definition) is 6. The lowest BCUT2D eigenvalue weighted by Crippen LogP contribution is -2.34. The maximum atomic E-state index is 6.08. The minimum Gasteiger partial charge on any atom is -0.376 e. The fourth-order valence-electron chi connectivity index (χ4n) is 1.97. The van der Waals surface area contributed by atoms with Crippen molar-refractivity contribution >= 4 is 23.2 Å². The zero-order chi connectivity index (χ0) is 13.2. The number of halogens is 1. The Bertz CT molecular complexity index is 582. The van der Waals surface area contributed by atoms with Gasteiger partial charge in [0, 0.05) is 12.1 Å². The molecule has 2 aromatic heterocycles. The average Bonchev–Trinajstić information content (AvgIpc) is 2.88. The van der Waals surface area contributed by atoms with E-state index in [0.29, 0.717) is 37.3 Å². The molecule has 0 amide bonds. The molecule has 0 spiro atoms. The zero-order valence-corrected chi connectivity index (χ0v) is 11.2. The summed E-state index contributed by atoms with van der Waals surface area (Å²) in [4.78, 5) is 8.19. The molecule has 0 aliphatic carbocycles. The van der Waals surface area contributed by atoms with Crippen LogP contribution < -0.4 is 5.32 Å². The number of nitrogens with one attached hydrogen (secondary N) is 1. The molecule has 3 heterocycles. The third-order valence-corrected chi connectivity index (χ3v) is 3.35. The van der Waals surface area contributed by atoms with Crippen molar-refractivity contribution in [3.05, 3.63) is 17.0 Å². The first-order valence-corrected chi connectivity index (χ1v) is 6.42. The molecule has 1 unspecified atom stereocenters. The Kier molecular flexibility index (Phi) is 3.50. The lowest BCUT2D eigenvalue weighted by molar-refractivity contribution is -0.0819. The van der Waals surface area contributed by atoms with E-state index in [1.54, 1.807) is 4.52 Å². The van der Waals surface area contributed by atoms with Crippen LogP contribution in [0.2, 0.25) is 5.15 Å². The van der Waals surface area contributed by atoms with Crippen LogP contribution in [0.15, 0.2) is 6.33 Å². The van der Waals surface area contributed by atoms with Gasteiger partial charge < -0.3 is 14.8 Å². The van der Waals surface area contributed by atoms with Gasteiger partial charge in [-0.25, -0.2) is 0 Å². The highest BCUT2D eigenvalue weighted by atomic mass is 35.5. The Morgan fingerprint density at radius 1 is 1.53 bits per heavy atom. The summed E-state index contributed by atoms with van der Waals surface area (Å²) in [5, 5.41) is 7.84. The first kappa shape index (κ1) is 12.6. The van der Waals surface area contributed by atoms with E-state index in [9.17, 15) is 0 Å². The predicted octanol–water partition coefficient (Wildman–Crippen LogP) is 0.913. The van der Waals surface area contributed by atoms with E-state index in [1.165, 1.54) is 6.33 Å². The van der Waals surface area contributed by atoms with Gasteiger partial charge in [-0.2, -0.15) is 19.6 Å². The first-order chi connectivity index (χ1) is 9.25. The van der Waals surface area contributed by atoms with Crippen molar-refractivity contribution in [3.63, 3.8) is 0 Å². The van der Waals surface area contributed by atoms with E-state index in [2.05, 4.69) is 20.4 Å². The van der Waals surface area contributed by atoms with E-state index in [0.717, 1.165) is 11.4 Å². The van der Waals surface area contributed by atoms with Crippen LogP contribution in [0.3, 0.4) is 0 Å². The lowest BCUT2D eigenvalue weighted by Gasteiger charge is -2.24. The minimum atomic E-state index is 0.0265. The SMILES string of the molecule is Cc1c(Cl)nc2ncnn2c1NCC1COCCO1. The van der Waals surface area contributed by atoms with Crippen molar-refractivity contribution < 1.29 is 9.47 Å². The molecule has 1 fully saturated rings. The third kappa shape index (κ3) is 2.49. The molecule has 1 N–H and O–H groups in total. The molecule has 0 bridgehead atoms. The Morgan fingerprint density at radius 3 is 3.21 bits per heavy atom. The standard InChI is InChI=1S/C11H14ClN5O2/c1-7-9(12)16-11-14-6-15-17(11)10(7)13-4-8-5-18-2-3-19-8/h6,8,13H,2-5H2,1H3. The molecule has 0 radical (unpaired) electrons. The van der Waals surface area contributed by atoms with E-state index >= 15 is 0 Å². The van der Waals surface area contributed by atoms with E-state index < -0.39 is 0 Å². The maximum Gasteiger partial charge on any atom is 0.255 e. The molecule has 19 heavy (non-hydrogen) atoms. The molecular weight excluding hydrogens is 270 g/mol. The van der Waals surface area contributed by atoms with Crippen molar-refractivity contribution in [2.75, 3.05) is 31.7 Å². The van der Waals surface area contributed by atoms with Crippen molar-refractivity contribution in [1.82, 2.24) is 19.6 Å². The highest BCUT2D eigenvalue weighted by Gasteiger charge is 2.17. The average molecular weight is 284 g/mol. The fourth-order valence-corrected chi connectivity index (χ4v) is 2.14. The van der Waals surface area contributed by atoms with Crippen molar-refractivity contribution in [2.24, 2.45) is 0 Å². The Labute approximate surface area is 114 Å². The smallest absolute Gasteiger partial charge is 0.255 e. The summed E-state index contributed by atoms with van der Waals surface area (Å²) in [6, 6.07) is 0. The summed E-state index contributed by atoms with van der Waals surface area (Å²) in [6.07, 6.45) is 1.47. The fraction of sp³-hybridized carbons (Fsp3) is 0.545. The van der Waals surface area contributed by atoms with Crippen molar-refractivity contribution in [3.8, 4) is 0 Å². The quantitative estimate of drug-likeness (QED) is 0.844. The van der Waals surface area contributed by atoms with Gasteiger partial charge in [0.05, 0.1) is 25.9 Å². The van der Waals surface area contributed by atoms with Gasteiger partial charge in [-0.3, -0.25) is 0 Å². The molecule has 1 saturated heterocycles. The maximum absolute atomic E-state index is 6.08. The monoisotopic (exact) mass is 283 g/mol. The molecule has 0 aromatic carbocycles. The summed E-state index contributed by atoms with van der Waals surface area (Å²) in [5.41, 5.74) is 0.830. The minimum absolute atomic E-state index is 0.0265. The second-order valence-electron chi connectivity index (χ2n) is 4.30. The zero-order valence-electron chi connectivity index (χ0n) is 10.5. The number of hydrogen-bond donors (Lipinski definition) is 1.